The first-order chi connectivity index (χ1) is 10.6. The molecule has 22 heavy (non-hydrogen) atoms. The van der Waals surface area contributed by atoms with E-state index in [2.05, 4.69) is 0 Å². The maximum atomic E-state index is 10.2. The Hall–Kier alpha value is -1.72. The lowest BCUT2D eigenvalue weighted by atomic mass is 9.92. The van der Waals surface area contributed by atoms with Crippen LogP contribution >= 0.6 is 0 Å². The Kier molecular flexibility index (Phi) is 6.10. The highest BCUT2D eigenvalue weighted by molar-refractivity contribution is 5.18. The van der Waals surface area contributed by atoms with Crippen molar-refractivity contribution >= 4 is 0 Å². The summed E-state index contributed by atoms with van der Waals surface area (Å²) in [6.45, 7) is 0. The summed E-state index contributed by atoms with van der Waals surface area (Å²) < 4.78 is 0. The quantitative estimate of drug-likeness (QED) is 0.610. The van der Waals surface area contributed by atoms with E-state index in [-0.39, 0.29) is 0 Å². The molecule has 0 aromatic heterocycles. The second kappa shape index (κ2) is 8.06. The van der Waals surface area contributed by atoms with Gasteiger partial charge in [0.2, 0.25) is 0 Å². The SMILES string of the molecule is N[C@@H](Cc1ccccc1)C(O)[C@@H](O)[C@@H](N)Cc1ccccc1. The van der Waals surface area contributed by atoms with E-state index in [1.807, 2.05) is 60.7 Å². The van der Waals surface area contributed by atoms with Crippen molar-refractivity contribution in [3.63, 3.8) is 0 Å². The van der Waals surface area contributed by atoms with Crippen LogP contribution in [0.15, 0.2) is 60.7 Å². The zero-order chi connectivity index (χ0) is 15.9. The van der Waals surface area contributed by atoms with Crippen LogP contribution in [0.25, 0.3) is 0 Å². The van der Waals surface area contributed by atoms with Gasteiger partial charge in [-0.15, -0.1) is 0 Å². The minimum absolute atomic E-state index is 0.497. The van der Waals surface area contributed by atoms with E-state index < -0.39 is 24.3 Å². The Morgan fingerprint density at radius 3 is 1.27 bits per heavy atom. The fourth-order valence-corrected chi connectivity index (χ4v) is 2.52. The Bertz CT molecular complexity index is 496. The molecule has 0 heterocycles. The number of hydrogen-bond acceptors (Lipinski definition) is 4. The van der Waals surface area contributed by atoms with E-state index in [9.17, 15) is 10.2 Å². The molecule has 118 valence electrons. The van der Waals surface area contributed by atoms with Gasteiger partial charge in [0.15, 0.2) is 0 Å². The van der Waals surface area contributed by atoms with E-state index in [4.69, 9.17) is 11.5 Å². The molecule has 0 fully saturated rings. The van der Waals surface area contributed by atoms with Gasteiger partial charge in [-0.05, 0) is 24.0 Å². The zero-order valence-corrected chi connectivity index (χ0v) is 12.5. The Morgan fingerprint density at radius 1 is 0.636 bits per heavy atom. The fourth-order valence-electron chi connectivity index (χ4n) is 2.52. The number of rotatable bonds is 7. The molecule has 0 aliphatic carbocycles. The van der Waals surface area contributed by atoms with E-state index in [1.165, 1.54) is 0 Å². The van der Waals surface area contributed by atoms with Crippen molar-refractivity contribution in [2.75, 3.05) is 0 Å². The molecule has 4 atom stereocenters. The zero-order valence-electron chi connectivity index (χ0n) is 12.5. The van der Waals surface area contributed by atoms with Crippen LogP contribution in [0.3, 0.4) is 0 Å². The number of hydrogen-bond donors (Lipinski definition) is 4. The highest BCUT2D eigenvalue weighted by atomic mass is 16.3. The van der Waals surface area contributed by atoms with Crippen molar-refractivity contribution in [1.29, 1.82) is 0 Å². The summed E-state index contributed by atoms with van der Waals surface area (Å²) in [6.07, 6.45) is -1.12. The fraction of sp³-hybridized carbons (Fsp3) is 0.333. The maximum Gasteiger partial charge on any atom is 0.0968 e. The lowest BCUT2D eigenvalue weighted by Gasteiger charge is -2.28. The highest BCUT2D eigenvalue weighted by Crippen LogP contribution is 2.11. The molecular weight excluding hydrogens is 276 g/mol. The molecule has 0 bridgehead atoms. The molecule has 2 aromatic rings. The predicted molar refractivity (Wildman–Crippen MR) is 88.3 cm³/mol. The maximum absolute atomic E-state index is 10.2. The van der Waals surface area contributed by atoms with Crippen LogP contribution in [0, 0.1) is 0 Å². The first-order valence-electron chi connectivity index (χ1n) is 7.53. The smallest absolute Gasteiger partial charge is 0.0968 e. The van der Waals surface area contributed by atoms with Gasteiger partial charge in [-0.25, -0.2) is 0 Å². The van der Waals surface area contributed by atoms with Crippen molar-refractivity contribution in [3.8, 4) is 0 Å². The highest BCUT2D eigenvalue weighted by Gasteiger charge is 2.28. The third kappa shape index (κ3) is 4.64. The molecule has 0 aliphatic heterocycles. The van der Waals surface area contributed by atoms with Crippen LogP contribution in [0.4, 0.5) is 0 Å². The minimum Gasteiger partial charge on any atom is -0.389 e. The number of benzene rings is 2. The van der Waals surface area contributed by atoms with E-state index in [1.54, 1.807) is 0 Å². The van der Waals surface area contributed by atoms with Gasteiger partial charge in [0, 0.05) is 12.1 Å². The Labute approximate surface area is 131 Å². The molecule has 2 aromatic carbocycles. The summed E-state index contributed by atoms with van der Waals surface area (Å²) in [5.41, 5.74) is 14.1. The topological polar surface area (TPSA) is 92.5 Å². The second-order valence-corrected chi connectivity index (χ2v) is 5.69. The molecule has 4 heteroatoms. The Balaban J connectivity index is 1.91. The van der Waals surface area contributed by atoms with E-state index in [0.29, 0.717) is 12.8 Å². The molecule has 0 spiro atoms. The summed E-state index contributed by atoms with van der Waals surface area (Å²) in [5, 5.41) is 20.5. The van der Waals surface area contributed by atoms with Crippen LogP contribution in [0.5, 0.6) is 0 Å². The van der Waals surface area contributed by atoms with Gasteiger partial charge < -0.3 is 21.7 Å². The van der Waals surface area contributed by atoms with Gasteiger partial charge >= 0.3 is 0 Å². The molecule has 4 nitrogen and oxygen atoms in total. The summed E-state index contributed by atoms with van der Waals surface area (Å²) in [6, 6.07) is 18.2. The van der Waals surface area contributed by atoms with Crippen LogP contribution in [-0.2, 0) is 12.8 Å². The van der Waals surface area contributed by atoms with Gasteiger partial charge in [-0.1, -0.05) is 60.7 Å². The minimum atomic E-state index is -1.06. The van der Waals surface area contributed by atoms with Gasteiger partial charge in [0.1, 0.15) is 0 Å². The molecular formula is C18H24N2O2. The first kappa shape index (κ1) is 16.6. The molecule has 1 unspecified atom stereocenters. The number of nitrogens with two attached hydrogens (primary N) is 2. The van der Waals surface area contributed by atoms with Crippen LogP contribution in [0.1, 0.15) is 11.1 Å². The Morgan fingerprint density at radius 2 is 0.955 bits per heavy atom. The molecule has 0 radical (unpaired) electrons. The van der Waals surface area contributed by atoms with Crippen LogP contribution in [0.2, 0.25) is 0 Å². The lowest BCUT2D eigenvalue weighted by Crippen LogP contribution is -2.52. The second-order valence-electron chi connectivity index (χ2n) is 5.69. The molecule has 0 amide bonds. The van der Waals surface area contributed by atoms with Gasteiger partial charge in [-0.3, -0.25) is 0 Å². The standard InChI is InChI=1S/C18H24N2O2/c19-15(11-13-7-3-1-4-8-13)17(21)18(22)16(20)12-14-9-5-2-6-10-14/h1-10,15-18,21-22H,11-12,19-20H2/t15-,16-,17-,18?/m0/s1. The molecule has 2 rings (SSSR count). The predicted octanol–water partition coefficient (Wildman–Crippen LogP) is 0.848. The molecule has 0 saturated carbocycles. The van der Waals surface area contributed by atoms with Crippen molar-refractivity contribution in [1.82, 2.24) is 0 Å². The van der Waals surface area contributed by atoms with Gasteiger partial charge in [0.25, 0.3) is 0 Å². The average Bonchev–Trinajstić information content (AvgIpc) is 2.55. The van der Waals surface area contributed by atoms with Crippen LogP contribution in [-0.4, -0.2) is 34.5 Å². The largest absolute Gasteiger partial charge is 0.389 e. The lowest BCUT2D eigenvalue weighted by molar-refractivity contribution is -0.00975. The summed E-state index contributed by atoms with van der Waals surface area (Å²) in [7, 11) is 0. The average molecular weight is 300 g/mol. The van der Waals surface area contributed by atoms with Crippen molar-refractivity contribution < 1.29 is 10.2 Å². The normalized spacial score (nSPS) is 16.7. The van der Waals surface area contributed by atoms with Gasteiger partial charge in [-0.2, -0.15) is 0 Å². The van der Waals surface area contributed by atoms with Crippen LogP contribution < -0.4 is 11.5 Å². The molecule has 6 N–H and O–H groups in total. The monoisotopic (exact) mass is 300 g/mol. The summed E-state index contributed by atoms with van der Waals surface area (Å²) in [5.74, 6) is 0. The third-order valence-electron chi connectivity index (χ3n) is 3.86. The number of aliphatic hydroxyl groups is 2. The van der Waals surface area contributed by atoms with Crippen molar-refractivity contribution in [2.45, 2.75) is 37.1 Å². The number of aliphatic hydroxyl groups excluding tert-OH is 2. The van der Waals surface area contributed by atoms with Crippen molar-refractivity contribution in [3.05, 3.63) is 71.8 Å². The summed E-state index contributed by atoms with van der Waals surface area (Å²) >= 11 is 0. The van der Waals surface area contributed by atoms with E-state index >= 15 is 0 Å². The summed E-state index contributed by atoms with van der Waals surface area (Å²) in [4.78, 5) is 0. The van der Waals surface area contributed by atoms with Crippen molar-refractivity contribution in [2.24, 2.45) is 11.5 Å². The first-order valence-corrected chi connectivity index (χ1v) is 7.53. The third-order valence-corrected chi connectivity index (χ3v) is 3.86. The molecule has 0 aliphatic rings. The van der Waals surface area contributed by atoms with Gasteiger partial charge in [0.05, 0.1) is 12.2 Å². The molecule has 0 saturated heterocycles. The van der Waals surface area contributed by atoms with E-state index in [0.717, 1.165) is 11.1 Å².